The van der Waals surface area contributed by atoms with E-state index in [-0.39, 0.29) is 30.0 Å². The molecule has 6 nitrogen and oxygen atoms in total. The van der Waals surface area contributed by atoms with Crippen molar-refractivity contribution in [2.75, 3.05) is 18.1 Å². The summed E-state index contributed by atoms with van der Waals surface area (Å²) in [5.41, 5.74) is 0.517. The second-order valence-electron chi connectivity index (χ2n) is 8.29. The first kappa shape index (κ1) is 23.4. The first-order chi connectivity index (χ1) is 14.9. The molecule has 0 radical (unpaired) electrons. The van der Waals surface area contributed by atoms with Crippen LogP contribution in [0, 0.1) is 6.92 Å². The number of aryl methyl sites for hydroxylation is 1. The number of furan rings is 1. The van der Waals surface area contributed by atoms with E-state index >= 15 is 0 Å². The van der Waals surface area contributed by atoms with Crippen LogP contribution in [-0.4, -0.2) is 43.4 Å². The first-order valence-corrected chi connectivity index (χ1v) is 13.0. The van der Waals surface area contributed by atoms with Crippen molar-refractivity contribution in [3.63, 3.8) is 0 Å². The second-order valence-corrected chi connectivity index (χ2v) is 10.5. The number of benzene rings is 1. The molecule has 1 aromatic carbocycles. The van der Waals surface area contributed by atoms with Gasteiger partial charge < -0.3 is 14.1 Å². The zero-order chi connectivity index (χ0) is 22.3. The zero-order valence-corrected chi connectivity index (χ0v) is 19.3. The fourth-order valence-electron chi connectivity index (χ4n) is 3.88. The molecule has 1 unspecified atom stereocenters. The average molecular weight is 448 g/mol. The lowest BCUT2D eigenvalue weighted by Gasteiger charge is -2.27. The van der Waals surface area contributed by atoms with Crippen LogP contribution < -0.4 is 4.74 Å². The van der Waals surface area contributed by atoms with Crippen molar-refractivity contribution in [1.82, 2.24) is 4.90 Å². The summed E-state index contributed by atoms with van der Waals surface area (Å²) in [6.07, 6.45) is 6.35. The van der Waals surface area contributed by atoms with E-state index in [1.165, 1.54) is 19.3 Å². The van der Waals surface area contributed by atoms with E-state index in [1.54, 1.807) is 29.2 Å². The minimum Gasteiger partial charge on any atom is -0.494 e. The van der Waals surface area contributed by atoms with Crippen LogP contribution in [0.15, 0.2) is 40.8 Å². The summed E-state index contributed by atoms with van der Waals surface area (Å²) in [6.45, 7) is 4.96. The van der Waals surface area contributed by atoms with Gasteiger partial charge in [0.05, 0.1) is 24.7 Å². The van der Waals surface area contributed by atoms with E-state index in [0.717, 1.165) is 24.4 Å². The van der Waals surface area contributed by atoms with Crippen LogP contribution >= 0.6 is 0 Å². The maximum absolute atomic E-state index is 13.3. The lowest BCUT2D eigenvalue weighted by atomic mass is 10.1. The Bertz CT molecular complexity index is 949. The summed E-state index contributed by atoms with van der Waals surface area (Å²) < 4.78 is 35.5. The zero-order valence-electron chi connectivity index (χ0n) is 18.5. The molecule has 3 rings (SSSR count). The van der Waals surface area contributed by atoms with Crippen molar-refractivity contribution >= 4 is 15.7 Å². The van der Waals surface area contributed by atoms with Gasteiger partial charge in [-0.05, 0) is 56.2 Å². The number of unbranched alkanes of at least 4 members (excludes halogenated alkanes) is 4. The van der Waals surface area contributed by atoms with Crippen molar-refractivity contribution in [2.24, 2.45) is 0 Å². The number of hydrogen-bond acceptors (Lipinski definition) is 5. The summed E-state index contributed by atoms with van der Waals surface area (Å²) in [5, 5.41) is 0. The van der Waals surface area contributed by atoms with Gasteiger partial charge in [0, 0.05) is 11.6 Å². The third kappa shape index (κ3) is 6.86. The van der Waals surface area contributed by atoms with E-state index in [2.05, 4.69) is 6.92 Å². The van der Waals surface area contributed by atoms with E-state index in [9.17, 15) is 13.2 Å². The Balaban J connectivity index is 1.64. The fraction of sp³-hybridized carbons (Fsp3) is 0.542. The lowest BCUT2D eigenvalue weighted by Crippen LogP contribution is -2.40. The van der Waals surface area contributed by atoms with Crippen molar-refractivity contribution < 1.29 is 22.4 Å². The fourth-order valence-corrected chi connectivity index (χ4v) is 5.61. The number of carbonyl (C=O) groups excluding carboxylic acids is 1. The van der Waals surface area contributed by atoms with E-state index < -0.39 is 9.84 Å². The van der Waals surface area contributed by atoms with Gasteiger partial charge in [-0.25, -0.2) is 8.42 Å². The molecule has 0 spiro atoms. The molecule has 0 aliphatic carbocycles. The summed E-state index contributed by atoms with van der Waals surface area (Å²) in [5.74, 6) is 2.07. The summed E-state index contributed by atoms with van der Waals surface area (Å²) in [6, 6.07) is 10.4. The highest BCUT2D eigenvalue weighted by Crippen LogP contribution is 2.24. The molecule has 1 aliphatic rings. The maximum Gasteiger partial charge on any atom is 0.254 e. The normalized spacial score (nSPS) is 17.5. The van der Waals surface area contributed by atoms with E-state index in [4.69, 9.17) is 9.15 Å². The number of rotatable bonds is 11. The van der Waals surface area contributed by atoms with Crippen LogP contribution in [0.4, 0.5) is 0 Å². The smallest absolute Gasteiger partial charge is 0.254 e. The van der Waals surface area contributed by atoms with Gasteiger partial charge in [-0.1, -0.05) is 32.6 Å². The van der Waals surface area contributed by atoms with Crippen LogP contribution in [0.5, 0.6) is 5.75 Å². The Hall–Kier alpha value is -2.28. The maximum atomic E-state index is 13.3. The predicted molar refractivity (Wildman–Crippen MR) is 121 cm³/mol. The van der Waals surface area contributed by atoms with Gasteiger partial charge in [0.1, 0.15) is 17.3 Å². The van der Waals surface area contributed by atoms with Crippen molar-refractivity contribution in [2.45, 2.75) is 65.0 Å². The molecule has 7 heteroatoms. The molecule has 0 N–H and O–H groups in total. The molecule has 1 amide bonds. The van der Waals surface area contributed by atoms with Crippen LogP contribution in [0.25, 0.3) is 0 Å². The predicted octanol–water partition coefficient (Wildman–Crippen LogP) is 4.77. The van der Waals surface area contributed by atoms with Crippen molar-refractivity contribution in [1.29, 1.82) is 0 Å². The van der Waals surface area contributed by atoms with Crippen LogP contribution in [0.3, 0.4) is 0 Å². The standard InChI is InChI=1S/C24H33NO5S/c1-3-4-5-6-7-15-29-22-12-9-20(10-13-22)24(26)25(17-23-11-8-19(2)30-23)21-14-16-31(27,28)18-21/h8-13,21H,3-7,14-18H2,1-2H3. The Morgan fingerprint density at radius 3 is 2.45 bits per heavy atom. The molecule has 1 saturated heterocycles. The monoisotopic (exact) mass is 447 g/mol. The van der Waals surface area contributed by atoms with Gasteiger partial charge in [-0.3, -0.25) is 4.79 Å². The molecule has 2 aromatic rings. The van der Waals surface area contributed by atoms with Gasteiger partial charge in [0.25, 0.3) is 5.91 Å². The SMILES string of the molecule is CCCCCCCOc1ccc(C(=O)N(Cc2ccc(C)o2)C2CCS(=O)(=O)C2)cc1. The Labute approximate surface area is 185 Å². The topological polar surface area (TPSA) is 76.8 Å². The van der Waals surface area contributed by atoms with Crippen LogP contribution in [-0.2, 0) is 16.4 Å². The Morgan fingerprint density at radius 2 is 1.84 bits per heavy atom. The number of nitrogens with zero attached hydrogens (tertiary/aromatic N) is 1. The quantitative estimate of drug-likeness (QED) is 0.464. The van der Waals surface area contributed by atoms with Gasteiger partial charge in [-0.2, -0.15) is 0 Å². The van der Waals surface area contributed by atoms with Gasteiger partial charge in [0.2, 0.25) is 0 Å². The number of hydrogen-bond donors (Lipinski definition) is 0. The minimum atomic E-state index is -3.11. The summed E-state index contributed by atoms with van der Waals surface area (Å²) in [7, 11) is -3.11. The highest BCUT2D eigenvalue weighted by molar-refractivity contribution is 7.91. The summed E-state index contributed by atoms with van der Waals surface area (Å²) >= 11 is 0. The van der Waals surface area contributed by atoms with Crippen molar-refractivity contribution in [3.05, 3.63) is 53.5 Å². The molecule has 170 valence electrons. The molecule has 1 aromatic heterocycles. The molecule has 1 atom stereocenters. The number of ether oxygens (including phenoxy) is 1. The molecular weight excluding hydrogens is 414 g/mol. The third-order valence-electron chi connectivity index (χ3n) is 5.65. The highest BCUT2D eigenvalue weighted by atomic mass is 32.2. The van der Waals surface area contributed by atoms with E-state index in [1.807, 2.05) is 19.1 Å². The van der Waals surface area contributed by atoms with Crippen LogP contribution in [0.1, 0.15) is 67.3 Å². The Morgan fingerprint density at radius 1 is 1.10 bits per heavy atom. The molecule has 1 aliphatic heterocycles. The minimum absolute atomic E-state index is 0.00232. The Kier molecular flexibility index (Phi) is 8.18. The number of carbonyl (C=O) groups is 1. The van der Waals surface area contributed by atoms with Crippen molar-refractivity contribution in [3.8, 4) is 5.75 Å². The average Bonchev–Trinajstić information content (AvgIpc) is 3.33. The lowest BCUT2D eigenvalue weighted by molar-refractivity contribution is 0.0665. The van der Waals surface area contributed by atoms with Gasteiger partial charge in [0.15, 0.2) is 9.84 Å². The molecule has 31 heavy (non-hydrogen) atoms. The highest BCUT2D eigenvalue weighted by Gasteiger charge is 2.35. The first-order valence-electron chi connectivity index (χ1n) is 11.2. The molecule has 0 bridgehead atoms. The summed E-state index contributed by atoms with van der Waals surface area (Å²) in [4.78, 5) is 14.9. The van der Waals surface area contributed by atoms with Gasteiger partial charge in [-0.15, -0.1) is 0 Å². The van der Waals surface area contributed by atoms with Gasteiger partial charge >= 0.3 is 0 Å². The van der Waals surface area contributed by atoms with Crippen LogP contribution in [0.2, 0.25) is 0 Å². The molecule has 2 heterocycles. The molecule has 0 saturated carbocycles. The number of sulfone groups is 1. The molecule has 1 fully saturated rings. The second kappa shape index (κ2) is 10.8. The van der Waals surface area contributed by atoms with E-state index in [0.29, 0.717) is 24.4 Å². The largest absolute Gasteiger partial charge is 0.494 e. The number of amides is 1. The third-order valence-corrected chi connectivity index (χ3v) is 7.40. The molecular formula is C24H33NO5S.